The molecule has 1 saturated heterocycles. The summed E-state index contributed by atoms with van der Waals surface area (Å²) in [6.07, 6.45) is 0.0382. The first-order chi connectivity index (χ1) is 9.65. The highest BCUT2D eigenvalue weighted by Crippen LogP contribution is 2.22. The van der Waals surface area contributed by atoms with Gasteiger partial charge in [0.05, 0.1) is 17.6 Å². The summed E-state index contributed by atoms with van der Waals surface area (Å²) in [7, 11) is 1.85. The number of nitriles is 1. The second-order valence-electron chi connectivity index (χ2n) is 4.40. The van der Waals surface area contributed by atoms with E-state index in [1.807, 2.05) is 11.9 Å². The number of ether oxygens (including phenoxy) is 1. The Balaban J connectivity index is 2.20. The lowest BCUT2D eigenvalue weighted by atomic mass is 10.2. The molecule has 2 heterocycles. The molecule has 0 aliphatic carbocycles. The molecular formula is C12H15N5O3. The molecule has 1 N–H and O–H groups in total. The molecular weight excluding hydrogens is 262 g/mol. The molecule has 1 atom stereocenters. The van der Waals surface area contributed by atoms with Crippen molar-refractivity contribution >= 4 is 11.5 Å². The number of nitrogens with one attached hydrogen (secondary N) is 1. The third kappa shape index (κ3) is 3.01. The number of anilines is 1. The van der Waals surface area contributed by atoms with Gasteiger partial charge in [-0.25, -0.2) is 4.98 Å². The highest BCUT2D eigenvalue weighted by atomic mass is 16.6. The van der Waals surface area contributed by atoms with Crippen molar-refractivity contribution in [2.24, 2.45) is 0 Å². The number of nitrogens with zero attached hydrogens (tertiary/aromatic N) is 4. The predicted molar refractivity (Wildman–Crippen MR) is 71.5 cm³/mol. The lowest BCUT2D eigenvalue weighted by molar-refractivity contribution is -0.385. The maximum Gasteiger partial charge on any atom is 0.305 e. The lowest BCUT2D eigenvalue weighted by Crippen LogP contribution is -2.46. The second kappa shape index (κ2) is 6.27. The quantitative estimate of drug-likeness (QED) is 0.622. The van der Waals surface area contributed by atoms with Crippen molar-refractivity contribution in [3.63, 3.8) is 0 Å². The maximum absolute atomic E-state index is 10.8. The monoisotopic (exact) mass is 277 g/mol. The Morgan fingerprint density at radius 1 is 1.70 bits per heavy atom. The fourth-order valence-corrected chi connectivity index (χ4v) is 2.13. The maximum atomic E-state index is 10.8. The zero-order valence-electron chi connectivity index (χ0n) is 11.1. The number of nitro groups is 1. The molecule has 1 fully saturated rings. The van der Waals surface area contributed by atoms with Gasteiger partial charge in [-0.3, -0.25) is 10.1 Å². The minimum atomic E-state index is -0.599. The van der Waals surface area contributed by atoms with E-state index in [1.165, 1.54) is 6.07 Å². The first-order valence-corrected chi connectivity index (χ1v) is 6.22. The Morgan fingerprint density at radius 2 is 2.50 bits per heavy atom. The molecule has 1 aliphatic heterocycles. The number of hydrogen-bond acceptors (Lipinski definition) is 7. The summed E-state index contributed by atoms with van der Waals surface area (Å²) < 4.78 is 5.58. The van der Waals surface area contributed by atoms with Gasteiger partial charge >= 0.3 is 5.69 Å². The molecule has 0 amide bonds. The van der Waals surface area contributed by atoms with Gasteiger partial charge in [0.2, 0.25) is 5.69 Å². The molecule has 0 aromatic carbocycles. The van der Waals surface area contributed by atoms with Crippen LogP contribution in [-0.2, 0) is 4.74 Å². The average molecular weight is 277 g/mol. The highest BCUT2D eigenvalue weighted by molar-refractivity contribution is 5.51. The van der Waals surface area contributed by atoms with E-state index in [0.29, 0.717) is 32.1 Å². The van der Waals surface area contributed by atoms with Crippen LogP contribution in [0.25, 0.3) is 0 Å². The number of likely N-dealkylation sites (N-methyl/N-ethyl adjacent to an activating group) is 1. The van der Waals surface area contributed by atoms with Crippen LogP contribution in [0.3, 0.4) is 0 Å². The van der Waals surface area contributed by atoms with E-state index in [-0.39, 0.29) is 17.5 Å². The first-order valence-electron chi connectivity index (χ1n) is 6.22. The molecule has 1 aromatic rings. The summed E-state index contributed by atoms with van der Waals surface area (Å²) in [5, 5.41) is 22.8. The first kappa shape index (κ1) is 14.2. The minimum Gasteiger partial charge on any atom is -0.373 e. The summed E-state index contributed by atoms with van der Waals surface area (Å²) in [5.41, 5.74) is -0.430. The van der Waals surface area contributed by atoms with Crippen molar-refractivity contribution in [1.29, 1.82) is 5.26 Å². The number of rotatable bonds is 4. The summed E-state index contributed by atoms with van der Waals surface area (Å²) in [6.45, 7) is 2.56. The van der Waals surface area contributed by atoms with Crippen LogP contribution < -0.4 is 10.2 Å². The number of pyridine rings is 1. The van der Waals surface area contributed by atoms with Gasteiger partial charge in [0.1, 0.15) is 11.9 Å². The van der Waals surface area contributed by atoms with Crippen molar-refractivity contribution in [2.75, 3.05) is 38.2 Å². The van der Waals surface area contributed by atoms with Crippen LogP contribution in [0.4, 0.5) is 11.5 Å². The van der Waals surface area contributed by atoms with Crippen molar-refractivity contribution < 1.29 is 9.66 Å². The molecule has 106 valence electrons. The predicted octanol–water partition coefficient (Wildman–Crippen LogP) is 0.286. The number of morpholine rings is 1. The SMILES string of the molecule is CNCC1CN(c2ccc([N+](=O)[O-])c(C#N)n2)CCO1. The third-order valence-electron chi connectivity index (χ3n) is 3.06. The molecule has 1 unspecified atom stereocenters. The second-order valence-corrected chi connectivity index (χ2v) is 4.40. The zero-order valence-corrected chi connectivity index (χ0v) is 11.1. The van der Waals surface area contributed by atoms with Crippen LogP contribution in [0.1, 0.15) is 5.69 Å². The molecule has 2 rings (SSSR count). The van der Waals surface area contributed by atoms with Crippen molar-refractivity contribution in [1.82, 2.24) is 10.3 Å². The number of hydrogen-bond donors (Lipinski definition) is 1. The van der Waals surface area contributed by atoms with Crippen molar-refractivity contribution in [3.05, 3.63) is 27.9 Å². The van der Waals surface area contributed by atoms with E-state index >= 15 is 0 Å². The topological polar surface area (TPSA) is 104 Å². The van der Waals surface area contributed by atoms with Gasteiger partial charge in [0.25, 0.3) is 0 Å². The van der Waals surface area contributed by atoms with E-state index in [9.17, 15) is 10.1 Å². The van der Waals surface area contributed by atoms with Gasteiger partial charge in [-0.1, -0.05) is 0 Å². The summed E-state index contributed by atoms with van der Waals surface area (Å²) in [4.78, 5) is 16.2. The van der Waals surface area contributed by atoms with Gasteiger partial charge in [-0.05, 0) is 13.1 Å². The molecule has 0 radical (unpaired) electrons. The van der Waals surface area contributed by atoms with Crippen LogP contribution in [0.15, 0.2) is 12.1 Å². The Bertz CT molecular complexity index is 540. The largest absolute Gasteiger partial charge is 0.373 e. The van der Waals surface area contributed by atoms with Gasteiger partial charge in [0.15, 0.2) is 0 Å². The standard InChI is InChI=1S/C12H15N5O3/c1-14-7-9-8-16(4-5-20-9)12-3-2-11(17(18)19)10(6-13)15-12/h2-3,9,14H,4-5,7-8H2,1H3. The summed E-state index contributed by atoms with van der Waals surface area (Å²) in [6, 6.07) is 4.66. The molecule has 0 spiro atoms. The van der Waals surface area contributed by atoms with Gasteiger partial charge in [0, 0.05) is 25.7 Å². The Morgan fingerprint density at radius 3 is 3.15 bits per heavy atom. The molecule has 0 bridgehead atoms. The van der Waals surface area contributed by atoms with E-state index in [4.69, 9.17) is 10.00 Å². The third-order valence-corrected chi connectivity index (χ3v) is 3.06. The van der Waals surface area contributed by atoms with Crippen LogP contribution in [0.2, 0.25) is 0 Å². The summed E-state index contributed by atoms with van der Waals surface area (Å²) in [5.74, 6) is 0.566. The smallest absolute Gasteiger partial charge is 0.305 e. The average Bonchev–Trinajstić information content (AvgIpc) is 2.47. The highest BCUT2D eigenvalue weighted by Gasteiger charge is 2.23. The summed E-state index contributed by atoms with van der Waals surface area (Å²) >= 11 is 0. The number of aromatic nitrogens is 1. The van der Waals surface area contributed by atoms with Crippen molar-refractivity contribution in [2.45, 2.75) is 6.10 Å². The Labute approximate surface area is 116 Å². The zero-order chi connectivity index (χ0) is 14.5. The molecule has 20 heavy (non-hydrogen) atoms. The van der Waals surface area contributed by atoms with Crippen LogP contribution in [-0.4, -0.2) is 49.3 Å². The molecule has 1 aliphatic rings. The van der Waals surface area contributed by atoms with Gasteiger partial charge in [-0.2, -0.15) is 5.26 Å². The molecule has 0 saturated carbocycles. The Hall–Kier alpha value is -2.24. The van der Waals surface area contributed by atoms with Crippen LogP contribution in [0.5, 0.6) is 0 Å². The van der Waals surface area contributed by atoms with Gasteiger partial charge in [-0.15, -0.1) is 0 Å². The molecule has 8 heteroatoms. The van der Waals surface area contributed by atoms with E-state index < -0.39 is 4.92 Å². The van der Waals surface area contributed by atoms with Crippen molar-refractivity contribution in [3.8, 4) is 6.07 Å². The fourth-order valence-electron chi connectivity index (χ4n) is 2.13. The lowest BCUT2D eigenvalue weighted by Gasteiger charge is -2.33. The van der Waals surface area contributed by atoms with E-state index in [0.717, 1.165) is 0 Å². The minimum absolute atomic E-state index is 0.0382. The van der Waals surface area contributed by atoms with Crippen LogP contribution in [0, 0.1) is 21.4 Å². The van der Waals surface area contributed by atoms with Gasteiger partial charge < -0.3 is 15.0 Å². The molecule has 1 aromatic heterocycles. The Kier molecular flexibility index (Phi) is 4.45. The fraction of sp³-hybridized carbons (Fsp3) is 0.500. The molecule has 8 nitrogen and oxygen atoms in total. The van der Waals surface area contributed by atoms with E-state index in [1.54, 1.807) is 12.1 Å². The normalized spacial score (nSPS) is 18.6. The van der Waals surface area contributed by atoms with E-state index in [2.05, 4.69) is 10.3 Å². The van der Waals surface area contributed by atoms with Crippen LogP contribution >= 0.6 is 0 Å².